The predicted molar refractivity (Wildman–Crippen MR) is 120 cm³/mol. The Balaban J connectivity index is 1.46. The molecule has 4 aromatic rings. The molecule has 0 atom stereocenters. The summed E-state index contributed by atoms with van der Waals surface area (Å²) in [5.41, 5.74) is 4.22. The molecule has 0 fully saturated rings. The van der Waals surface area contributed by atoms with Crippen LogP contribution in [0.15, 0.2) is 85.3 Å². The maximum Gasteiger partial charge on any atom is 0.255 e. The summed E-state index contributed by atoms with van der Waals surface area (Å²) in [7, 11) is 0. The standard InChI is InChI=1S/C25H24N4O2/c1-19-9-11-22(12-10-19)31-15-14-27-25(30)23-18-29(17-20-6-3-2-4-7-20)28-24(23)21-8-5-13-26-16-21/h2-13,16,18H,14-15,17H2,1H3,(H,27,30). The van der Waals surface area contributed by atoms with E-state index in [2.05, 4.69) is 15.4 Å². The number of nitrogens with zero attached hydrogens (tertiary/aromatic N) is 3. The molecule has 0 aliphatic carbocycles. The van der Waals surface area contributed by atoms with E-state index in [1.165, 1.54) is 5.56 Å². The minimum Gasteiger partial charge on any atom is -0.492 e. The van der Waals surface area contributed by atoms with Crippen LogP contribution in [0.5, 0.6) is 5.75 Å². The normalized spacial score (nSPS) is 10.6. The molecule has 0 aliphatic rings. The summed E-state index contributed by atoms with van der Waals surface area (Å²) in [6, 6.07) is 21.6. The fourth-order valence-electron chi connectivity index (χ4n) is 3.22. The Morgan fingerprint density at radius 1 is 1.03 bits per heavy atom. The van der Waals surface area contributed by atoms with Crippen molar-refractivity contribution in [2.75, 3.05) is 13.2 Å². The van der Waals surface area contributed by atoms with E-state index in [4.69, 9.17) is 4.74 Å². The minimum absolute atomic E-state index is 0.189. The SMILES string of the molecule is Cc1ccc(OCCNC(=O)c2cn(Cc3ccccc3)nc2-c2cccnc2)cc1. The molecule has 1 amide bonds. The van der Waals surface area contributed by atoms with Gasteiger partial charge in [-0.05, 0) is 36.8 Å². The van der Waals surface area contributed by atoms with Crippen LogP contribution in [0.25, 0.3) is 11.3 Å². The number of aromatic nitrogens is 3. The van der Waals surface area contributed by atoms with Crippen molar-refractivity contribution in [3.8, 4) is 17.0 Å². The van der Waals surface area contributed by atoms with Gasteiger partial charge >= 0.3 is 0 Å². The van der Waals surface area contributed by atoms with Crippen LogP contribution < -0.4 is 10.1 Å². The van der Waals surface area contributed by atoms with Gasteiger partial charge < -0.3 is 10.1 Å². The third-order valence-corrected chi connectivity index (χ3v) is 4.81. The molecular weight excluding hydrogens is 388 g/mol. The van der Waals surface area contributed by atoms with Crippen molar-refractivity contribution in [2.24, 2.45) is 0 Å². The van der Waals surface area contributed by atoms with Gasteiger partial charge in [0.15, 0.2) is 0 Å². The summed E-state index contributed by atoms with van der Waals surface area (Å²) < 4.78 is 7.49. The van der Waals surface area contributed by atoms with E-state index in [9.17, 15) is 4.79 Å². The van der Waals surface area contributed by atoms with E-state index in [1.807, 2.05) is 73.7 Å². The Kier molecular flexibility index (Phi) is 6.38. The van der Waals surface area contributed by atoms with Gasteiger partial charge in [-0.1, -0.05) is 48.0 Å². The van der Waals surface area contributed by atoms with Crippen LogP contribution in [0.4, 0.5) is 0 Å². The first-order valence-corrected chi connectivity index (χ1v) is 10.2. The third kappa shape index (κ3) is 5.36. The van der Waals surface area contributed by atoms with Gasteiger partial charge in [0.25, 0.3) is 5.91 Å². The van der Waals surface area contributed by atoms with Crippen LogP contribution in [0.2, 0.25) is 0 Å². The smallest absolute Gasteiger partial charge is 0.255 e. The molecule has 0 saturated carbocycles. The van der Waals surface area contributed by atoms with Gasteiger partial charge in [0.2, 0.25) is 0 Å². The zero-order valence-electron chi connectivity index (χ0n) is 17.4. The second kappa shape index (κ2) is 9.71. The number of rotatable bonds is 8. The summed E-state index contributed by atoms with van der Waals surface area (Å²) in [5.74, 6) is 0.595. The summed E-state index contributed by atoms with van der Waals surface area (Å²) in [6.07, 6.45) is 5.20. The van der Waals surface area contributed by atoms with Gasteiger partial charge in [-0.25, -0.2) is 0 Å². The molecule has 0 aliphatic heterocycles. The highest BCUT2D eigenvalue weighted by molar-refractivity contribution is 5.99. The number of benzene rings is 2. The lowest BCUT2D eigenvalue weighted by Crippen LogP contribution is -2.28. The molecule has 2 aromatic carbocycles. The van der Waals surface area contributed by atoms with Crippen molar-refractivity contribution < 1.29 is 9.53 Å². The Bertz CT molecular complexity index is 1120. The van der Waals surface area contributed by atoms with Crippen molar-refractivity contribution >= 4 is 5.91 Å². The molecule has 0 radical (unpaired) electrons. The van der Waals surface area contributed by atoms with Gasteiger partial charge in [-0.15, -0.1) is 0 Å². The van der Waals surface area contributed by atoms with E-state index in [0.29, 0.717) is 31.0 Å². The number of hydrogen-bond acceptors (Lipinski definition) is 4. The van der Waals surface area contributed by atoms with Crippen molar-refractivity contribution in [3.05, 3.63) is 102 Å². The zero-order valence-corrected chi connectivity index (χ0v) is 17.4. The highest BCUT2D eigenvalue weighted by Crippen LogP contribution is 2.22. The predicted octanol–water partition coefficient (Wildman–Crippen LogP) is 4.11. The summed E-state index contributed by atoms with van der Waals surface area (Å²) in [6.45, 7) is 3.39. The number of amides is 1. The van der Waals surface area contributed by atoms with E-state index in [1.54, 1.807) is 23.3 Å². The molecule has 0 unspecified atom stereocenters. The molecule has 6 nitrogen and oxygen atoms in total. The van der Waals surface area contributed by atoms with Crippen LogP contribution in [-0.2, 0) is 6.54 Å². The molecule has 31 heavy (non-hydrogen) atoms. The highest BCUT2D eigenvalue weighted by atomic mass is 16.5. The molecule has 0 spiro atoms. The zero-order chi connectivity index (χ0) is 21.5. The fraction of sp³-hybridized carbons (Fsp3) is 0.160. The van der Waals surface area contributed by atoms with Crippen LogP contribution in [0.3, 0.4) is 0 Å². The third-order valence-electron chi connectivity index (χ3n) is 4.81. The average Bonchev–Trinajstić information content (AvgIpc) is 3.23. The fourth-order valence-corrected chi connectivity index (χ4v) is 3.22. The van der Waals surface area contributed by atoms with E-state index >= 15 is 0 Å². The monoisotopic (exact) mass is 412 g/mol. The Labute approximate surface area is 181 Å². The van der Waals surface area contributed by atoms with Gasteiger partial charge in [0, 0.05) is 24.2 Å². The summed E-state index contributed by atoms with van der Waals surface area (Å²) in [5, 5.41) is 7.60. The van der Waals surface area contributed by atoms with Crippen LogP contribution in [0, 0.1) is 6.92 Å². The van der Waals surface area contributed by atoms with Crippen molar-refractivity contribution in [2.45, 2.75) is 13.5 Å². The first-order chi connectivity index (χ1) is 15.2. The lowest BCUT2D eigenvalue weighted by molar-refractivity contribution is 0.0947. The molecule has 2 aromatic heterocycles. The molecule has 0 saturated heterocycles. The first kappa shape index (κ1) is 20.3. The largest absolute Gasteiger partial charge is 0.492 e. The molecule has 1 N–H and O–H groups in total. The number of hydrogen-bond donors (Lipinski definition) is 1. The van der Waals surface area contributed by atoms with Crippen molar-refractivity contribution in [1.29, 1.82) is 0 Å². The maximum atomic E-state index is 12.9. The molecule has 4 rings (SSSR count). The van der Waals surface area contributed by atoms with E-state index < -0.39 is 0 Å². The van der Waals surface area contributed by atoms with Gasteiger partial charge in [0.1, 0.15) is 18.1 Å². The van der Waals surface area contributed by atoms with Gasteiger partial charge in [-0.2, -0.15) is 5.10 Å². The maximum absolute atomic E-state index is 12.9. The van der Waals surface area contributed by atoms with Crippen LogP contribution in [-0.4, -0.2) is 33.8 Å². The Hall–Kier alpha value is -3.93. The summed E-state index contributed by atoms with van der Waals surface area (Å²) in [4.78, 5) is 17.1. The highest BCUT2D eigenvalue weighted by Gasteiger charge is 2.18. The Morgan fingerprint density at radius 2 is 1.84 bits per heavy atom. The number of nitrogens with one attached hydrogen (secondary N) is 1. The molecule has 6 heteroatoms. The van der Waals surface area contributed by atoms with Crippen molar-refractivity contribution in [3.63, 3.8) is 0 Å². The number of pyridine rings is 1. The minimum atomic E-state index is -0.189. The number of carbonyl (C=O) groups excluding carboxylic acids is 1. The number of ether oxygens (including phenoxy) is 1. The number of carbonyl (C=O) groups is 1. The Morgan fingerprint density at radius 3 is 2.58 bits per heavy atom. The van der Waals surface area contributed by atoms with Gasteiger partial charge in [-0.3, -0.25) is 14.5 Å². The lowest BCUT2D eigenvalue weighted by Gasteiger charge is -2.08. The van der Waals surface area contributed by atoms with Gasteiger partial charge in [0.05, 0.1) is 18.7 Å². The molecule has 156 valence electrons. The molecule has 2 heterocycles. The molecular formula is C25H24N4O2. The quantitative estimate of drug-likeness (QED) is 0.442. The van der Waals surface area contributed by atoms with Crippen LogP contribution >= 0.6 is 0 Å². The second-order valence-electron chi connectivity index (χ2n) is 7.23. The van der Waals surface area contributed by atoms with Crippen LogP contribution in [0.1, 0.15) is 21.5 Å². The van der Waals surface area contributed by atoms with Crippen molar-refractivity contribution in [1.82, 2.24) is 20.1 Å². The van der Waals surface area contributed by atoms with E-state index in [-0.39, 0.29) is 5.91 Å². The second-order valence-corrected chi connectivity index (χ2v) is 7.23. The summed E-state index contributed by atoms with van der Waals surface area (Å²) >= 11 is 0. The van der Waals surface area contributed by atoms with E-state index in [0.717, 1.165) is 16.9 Å². The lowest BCUT2D eigenvalue weighted by atomic mass is 10.1. The molecule has 0 bridgehead atoms. The average molecular weight is 412 g/mol. The number of aryl methyl sites for hydroxylation is 1. The first-order valence-electron chi connectivity index (χ1n) is 10.2. The topological polar surface area (TPSA) is 69.0 Å².